The molecule has 0 spiro atoms. The molecule has 0 N–H and O–H groups in total. The Kier molecular flexibility index (Phi) is 5.95. The SMILES string of the molecule is CCC(CC)(CCCc1ccc(F)cc1F)O[SiH3]. The van der Waals surface area contributed by atoms with Crippen LogP contribution in [0.1, 0.15) is 45.1 Å². The molecule has 0 saturated carbocycles. The second-order valence-corrected chi connectivity index (χ2v) is 5.09. The molecule has 0 amide bonds. The summed E-state index contributed by atoms with van der Waals surface area (Å²) in [7, 11) is 0.726. The van der Waals surface area contributed by atoms with E-state index in [4.69, 9.17) is 4.43 Å². The number of rotatable bonds is 7. The van der Waals surface area contributed by atoms with Crippen LogP contribution in [-0.2, 0) is 10.8 Å². The van der Waals surface area contributed by atoms with Gasteiger partial charge in [0.1, 0.15) is 22.1 Å². The number of hydrogen-bond acceptors (Lipinski definition) is 1. The van der Waals surface area contributed by atoms with Crippen LogP contribution in [0.25, 0.3) is 0 Å². The molecule has 0 aliphatic carbocycles. The summed E-state index contributed by atoms with van der Waals surface area (Å²) >= 11 is 0. The molecule has 1 aromatic carbocycles. The zero-order valence-corrected chi connectivity index (χ0v) is 13.4. The normalized spacial score (nSPS) is 12.0. The van der Waals surface area contributed by atoms with Gasteiger partial charge in [-0.1, -0.05) is 19.9 Å². The fourth-order valence-corrected chi connectivity index (χ4v) is 3.10. The molecule has 4 heteroatoms. The van der Waals surface area contributed by atoms with Crippen molar-refractivity contribution in [1.29, 1.82) is 0 Å². The molecule has 0 aromatic heterocycles. The van der Waals surface area contributed by atoms with E-state index in [1.807, 2.05) is 0 Å². The van der Waals surface area contributed by atoms with Crippen molar-refractivity contribution in [2.75, 3.05) is 0 Å². The fraction of sp³-hybridized carbons (Fsp3) is 0.571. The van der Waals surface area contributed by atoms with Gasteiger partial charge in [0, 0.05) is 6.07 Å². The molecule has 1 rings (SSSR count). The van der Waals surface area contributed by atoms with Crippen molar-refractivity contribution in [3.63, 3.8) is 0 Å². The molecule has 102 valence electrons. The first kappa shape index (κ1) is 15.3. The van der Waals surface area contributed by atoms with Gasteiger partial charge in [-0.25, -0.2) is 8.78 Å². The summed E-state index contributed by atoms with van der Waals surface area (Å²) in [6.45, 7) is 4.25. The standard InChI is InChI=1S/C14H22F2OSi/c1-3-14(4-2,17-18)9-5-6-11-7-8-12(15)10-13(11)16/h7-8,10H,3-6,9H2,1-2,18H3. The molecule has 0 heterocycles. The predicted octanol–water partition coefficient (Wildman–Crippen LogP) is 3.14. The van der Waals surface area contributed by atoms with E-state index in [1.54, 1.807) is 0 Å². The van der Waals surface area contributed by atoms with E-state index >= 15 is 0 Å². The van der Waals surface area contributed by atoms with Crippen molar-refractivity contribution in [3.8, 4) is 0 Å². The minimum Gasteiger partial charge on any atom is -0.422 e. The summed E-state index contributed by atoms with van der Waals surface area (Å²) in [6.07, 6.45) is 4.41. The van der Waals surface area contributed by atoms with E-state index in [0.717, 1.165) is 42.2 Å². The van der Waals surface area contributed by atoms with Gasteiger partial charge in [-0.3, -0.25) is 0 Å². The fourth-order valence-electron chi connectivity index (χ4n) is 2.32. The highest BCUT2D eigenvalue weighted by molar-refractivity contribution is 5.98. The van der Waals surface area contributed by atoms with Gasteiger partial charge in [0.05, 0.1) is 5.60 Å². The third-order valence-electron chi connectivity index (χ3n) is 3.82. The van der Waals surface area contributed by atoms with Gasteiger partial charge in [0.2, 0.25) is 0 Å². The summed E-state index contributed by atoms with van der Waals surface area (Å²) in [5, 5.41) is 0. The Morgan fingerprint density at radius 1 is 1.22 bits per heavy atom. The maximum Gasteiger partial charge on any atom is 0.146 e. The maximum absolute atomic E-state index is 13.5. The summed E-state index contributed by atoms with van der Waals surface area (Å²) in [5.74, 6) is -0.962. The Bertz CT molecular complexity index is 370. The molecule has 0 radical (unpaired) electrons. The van der Waals surface area contributed by atoms with Crippen LogP contribution in [0.4, 0.5) is 8.78 Å². The van der Waals surface area contributed by atoms with Crippen LogP contribution in [0.5, 0.6) is 0 Å². The zero-order valence-electron chi connectivity index (χ0n) is 11.4. The van der Waals surface area contributed by atoms with Crippen molar-refractivity contribution >= 4 is 10.5 Å². The van der Waals surface area contributed by atoms with Crippen LogP contribution in [0.15, 0.2) is 18.2 Å². The summed E-state index contributed by atoms with van der Waals surface area (Å²) in [5.41, 5.74) is 0.550. The van der Waals surface area contributed by atoms with E-state index in [2.05, 4.69) is 13.8 Å². The Morgan fingerprint density at radius 2 is 1.89 bits per heavy atom. The number of aryl methyl sites for hydroxylation is 1. The molecular weight excluding hydrogens is 250 g/mol. The number of benzene rings is 1. The average Bonchev–Trinajstić information content (AvgIpc) is 2.38. The summed E-state index contributed by atoms with van der Waals surface area (Å²) < 4.78 is 31.9. The highest BCUT2D eigenvalue weighted by Crippen LogP contribution is 2.26. The van der Waals surface area contributed by atoms with Crippen LogP contribution < -0.4 is 0 Å². The lowest BCUT2D eigenvalue weighted by Gasteiger charge is -2.31. The lowest BCUT2D eigenvalue weighted by molar-refractivity contribution is 0.0591. The van der Waals surface area contributed by atoms with Crippen molar-refractivity contribution in [1.82, 2.24) is 0 Å². The molecule has 0 fully saturated rings. The van der Waals surface area contributed by atoms with Gasteiger partial charge in [-0.15, -0.1) is 0 Å². The molecular formula is C14H22F2OSi. The molecule has 18 heavy (non-hydrogen) atoms. The van der Waals surface area contributed by atoms with Crippen molar-refractivity contribution in [2.24, 2.45) is 0 Å². The Morgan fingerprint density at radius 3 is 2.39 bits per heavy atom. The lowest BCUT2D eigenvalue weighted by Crippen LogP contribution is -2.30. The summed E-state index contributed by atoms with van der Waals surface area (Å²) in [4.78, 5) is 0. The van der Waals surface area contributed by atoms with Crippen LogP contribution in [0.3, 0.4) is 0 Å². The minimum atomic E-state index is -0.518. The van der Waals surface area contributed by atoms with E-state index in [1.165, 1.54) is 12.1 Å². The molecule has 1 nitrogen and oxygen atoms in total. The van der Waals surface area contributed by atoms with Gasteiger partial charge in [0.25, 0.3) is 0 Å². The van der Waals surface area contributed by atoms with Gasteiger partial charge >= 0.3 is 0 Å². The quantitative estimate of drug-likeness (QED) is 0.693. The zero-order chi connectivity index (χ0) is 13.6. The van der Waals surface area contributed by atoms with Crippen LogP contribution in [0.2, 0.25) is 0 Å². The summed E-state index contributed by atoms with van der Waals surface area (Å²) in [6, 6.07) is 3.80. The Hall–Kier alpha value is -0.743. The van der Waals surface area contributed by atoms with Gasteiger partial charge < -0.3 is 4.43 Å². The first-order valence-corrected chi connectivity index (χ1v) is 7.37. The molecule has 0 saturated heterocycles. The third-order valence-corrected chi connectivity index (χ3v) is 4.68. The first-order chi connectivity index (χ1) is 8.56. The van der Waals surface area contributed by atoms with Crippen LogP contribution in [0, 0.1) is 11.6 Å². The molecule has 0 aliphatic rings. The third kappa shape index (κ3) is 3.88. The predicted molar refractivity (Wildman–Crippen MR) is 73.6 cm³/mol. The molecule has 0 bridgehead atoms. The monoisotopic (exact) mass is 272 g/mol. The Labute approximate surface area is 111 Å². The van der Waals surface area contributed by atoms with Gasteiger partial charge in [-0.2, -0.15) is 0 Å². The smallest absolute Gasteiger partial charge is 0.146 e. The Balaban J connectivity index is 2.55. The molecule has 0 aliphatic heterocycles. The number of halogens is 2. The van der Waals surface area contributed by atoms with Gasteiger partial charge in [0.15, 0.2) is 0 Å². The van der Waals surface area contributed by atoms with Gasteiger partial charge in [-0.05, 0) is 43.7 Å². The maximum atomic E-state index is 13.5. The molecule has 0 unspecified atom stereocenters. The largest absolute Gasteiger partial charge is 0.422 e. The van der Waals surface area contributed by atoms with Crippen molar-refractivity contribution in [2.45, 2.75) is 51.6 Å². The topological polar surface area (TPSA) is 9.23 Å². The second-order valence-electron chi connectivity index (χ2n) is 4.68. The van der Waals surface area contributed by atoms with E-state index < -0.39 is 11.6 Å². The second kappa shape index (κ2) is 7.00. The highest BCUT2D eigenvalue weighted by Gasteiger charge is 2.23. The van der Waals surface area contributed by atoms with Crippen molar-refractivity contribution < 1.29 is 13.2 Å². The van der Waals surface area contributed by atoms with E-state index in [0.29, 0.717) is 12.0 Å². The van der Waals surface area contributed by atoms with Crippen LogP contribution in [-0.4, -0.2) is 16.1 Å². The number of hydrogen-bond donors (Lipinski definition) is 0. The molecule has 1 aromatic rings. The van der Waals surface area contributed by atoms with Crippen molar-refractivity contribution in [3.05, 3.63) is 35.4 Å². The first-order valence-electron chi connectivity index (χ1n) is 6.56. The molecule has 0 atom stereocenters. The minimum absolute atomic E-state index is 0.0390. The van der Waals surface area contributed by atoms with E-state index in [9.17, 15) is 8.78 Å². The van der Waals surface area contributed by atoms with Crippen LogP contribution >= 0.6 is 0 Å². The lowest BCUT2D eigenvalue weighted by atomic mass is 9.90. The average molecular weight is 272 g/mol. The van der Waals surface area contributed by atoms with E-state index in [-0.39, 0.29) is 5.60 Å². The highest BCUT2D eigenvalue weighted by atomic mass is 28.2.